The number of imidazole rings is 1. The highest BCUT2D eigenvalue weighted by Gasteiger charge is 2.07. The average molecular weight is 363 g/mol. The van der Waals surface area contributed by atoms with E-state index in [0.717, 1.165) is 11.3 Å². The third-order valence-corrected chi connectivity index (χ3v) is 3.35. The first-order valence-corrected chi connectivity index (χ1v) is 6.17. The Bertz CT molecular complexity index is 729. The second kappa shape index (κ2) is 5.33. The van der Waals surface area contributed by atoms with Gasteiger partial charge in [0.1, 0.15) is 5.65 Å². The topological polar surface area (TPSA) is 17.3 Å². The van der Waals surface area contributed by atoms with Crippen LogP contribution in [-0.4, -0.2) is 9.38 Å². The summed E-state index contributed by atoms with van der Waals surface area (Å²) in [5.41, 5.74) is 7.03. The molecule has 0 radical (unpaired) electrons. The molecule has 0 fully saturated rings. The van der Waals surface area contributed by atoms with Gasteiger partial charge in [-0.3, -0.25) is 0 Å². The van der Waals surface area contributed by atoms with Crippen molar-refractivity contribution in [2.24, 2.45) is 0 Å². The van der Waals surface area contributed by atoms with Crippen LogP contribution in [0, 0.1) is 20.8 Å². The van der Waals surface area contributed by atoms with E-state index in [1.165, 1.54) is 22.4 Å². The molecule has 0 N–H and O–H groups in total. The molecule has 0 amide bonds. The van der Waals surface area contributed by atoms with E-state index in [2.05, 4.69) is 55.6 Å². The Morgan fingerprint density at radius 3 is 2.47 bits per heavy atom. The van der Waals surface area contributed by atoms with Gasteiger partial charge >= 0.3 is 0 Å². The maximum Gasteiger partial charge on any atom is 0.137 e. The van der Waals surface area contributed by atoms with Gasteiger partial charge in [0.15, 0.2) is 0 Å². The molecule has 3 aromatic rings. The molecule has 0 aliphatic heterocycles. The van der Waals surface area contributed by atoms with Crippen molar-refractivity contribution in [2.75, 3.05) is 0 Å². The number of benzene rings is 1. The van der Waals surface area contributed by atoms with Crippen LogP contribution in [0.15, 0.2) is 42.6 Å². The van der Waals surface area contributed by atoms with Gasteiger partial charge in [0.25, 0.3) is 0 Å². The molecular formula is C16H16IN2-. The number of hydrogen-bond donors (Lipinski definition) is 0. The zero-order valence-electron chi connectivity index (χ0n) is 11.3. The van der Waals surface area contributed by atoms with E-state index in [1.54, 1.807) is 0 Å². The minimum atomic E-state index is 0. The number of fused-ring (bicyclic) bond motifs is 1. The van der Waals surface area contributed by atoms with Gasteiger partial charge in [-0.2, -0.15) is 0 Å². The van der Waals surface area contributed by atoms with E-state index < -0.39 is 0 Å². The molecule has 0 saturated carbocycles. The molecule has 3 heteroatoms. The summed E-state index contributed by atoms with van der Waals surface area (Å²) in [6.45, 7) is 6.35. The van der Waals surface area contributed by atoms with Crippen molar-refractivity contribution in [3.8, 4) is 11.3 Å². The smallest absolute Gasteiger partial charge is 0.137 e. The lowest BCUT2D eigenvalue weighted by Gasteiger charge is -2.03. The number of halogens is 1. The Labute approximate surface area is 130 Å². The van der Waals surface area contributed by atoms with Crippen molar-refractivity contribution >= 4 is 5.65 Å². The first-order chi connectivity index (χ1) is 8.65. The van der Waals surface area contributed by atoms with Crippen molar-refractivity contribution in [1.29, 1.82) is 0 Å². The molecule has 0 aliphatic carbocycles. The van der Waals surface area contributed by atoms with Gasteiger partial charge in [-0.05, 0) is 38.5 Å². The molecular weight excluding hydrogens is 347 g/mol. The Morgan fingerprint density at radius 1 is 1.00 bits per heavy atom. The summed E-state index contributed by atoms with van der Waals surface area (Å²) < 4.78 is 2.13. The summed E-state index contributed by atoms with van der Waals surface area (Å²) >= 11 is 0. The molecule has 0 spiro atoms. The third-order valence-electron chi connectivity index (χ3n) is 3.35. The molecule has 0 unspecified atom stereocenters. The van der Waals surface area contributed by atoms with E-state index in [1.807, 2.05) is 12.1 Å². The van der Waals surface area contributed by atoms with E-state index in [0.29, 0.717) is 0 Å². The van der Waals surface area contributed by atoms with Gasteiger partial charge in [0.2, 0.25) is 0 Å². The minimum Gasteiger partial charge on any atom is -1.00 e. The lowest BCUT2D eigenvalue weighted by molar-refractivity contribution is -0.00000393. The molecule has 3 rings (SSSR count). The van der Waals surface area contributed by atoms with Crippen LogP contribution >= 0.6 is 0 Å². The van der Waals surface area contributed by atoms with Crippen LogP contribution in [-0.2, 0) is 0 Å². The third kappa shape index (κ3) is 2.52. The van der Waals surface area contributed by atoms with Crippen LogP contribution in [0.25, 0.3) is 16.9 Å². The summed E-state index contributed by atoms with van der Waals surface area (Å²) in [6.07, 6.45) is 2.11. The fraction of sp³-hybridized carbons (Fsp3) is 0.188. The Hall–Kier alpha value is -1.36. The van der Waals surface area contributed by atoms with Crippen LogP contribution in [0.2, 0.25) is 0 Å². The monoisotopic (exact) mass is 363 g/mol. The minimum absolute atomic E-state index is 0. The van der Waals surface area contributed by atoms with E-state index in [4.69, 9.17) is 4.98 Å². The van der Waals surface area contributed by atoms with Gasteiger partial charge in [-0.25, -0.2) is 4.98 Å². The average Bonchev–Trinajstić information content (AvgIpc) is 2.74. The predicted molar refractivity (Wildman–Crippen MR) is 74.8 cm³/mol. The Morgan fingerprint density at radius 2 is 1.79 bits per heavy atom. The van der Waals surface area contributed by atoms with E-state index in [-0.39, 0.29) is 24.0 Å². The SMILES string of the molecule is Cc1ccc(-c2cn3c(C)cccc3n2)c(C)c1.[I-]. The summed E-state index contributed by atoms with van der Waals surface area (Å²) in [7, 11) is 0. The van der Waals surface area contributed by atoms with Gasteiger partial charge in [0.05, 0.1) is 5.69 Å². The van der Waals surface area contributed by atoms with Crippen molar-refractivity contribution < 1.29 is 24.0 Å². The second-order valence-corrected chi connectivity index (χ2v) is 4.84. The Kier molecular flexibility index (Phi) is 3.94. The number of nitrogens with zero attached hydrogens (tertiary/aromatic N) is 2. The van der Waals surface area contributed by atoms with Gasteiger partial charge in [-0.15, -0.1) is 0 Å². The summed E-state index contributed by atoms with van der Waals surface area (Å²) in [5.74, 6) is 0. The lowest BCUT2D eigenvalue weighted by atomic mass is 10.0. The standard InChI is InChI=1S/C16H16N2.HI/c1-11-7-8-14(12(2)9-11)15-10-18-13(3)5-4-6-16(18)17-15;/h4-10H,1-3H3;1H/p-1. The summed E-state index contributed by atoms with van der Waals surface area (Å²) in [4.78, 5) is 4.70. The highest BCUT2D eigenvalue weighted by Crippen LogP contribution is 2.24. The highest BCUT2D eigenvalue weighted by atomic mass is 127. The number of aryl methyl sites for hydroxylation is 3. The van der Waals surface area contributed by atoms with Crippen LogP contribution in [0.4, 0.5) is 0 Å². The molecule has 0 bridgehead atoms. The van der Waals surface area contributed by atoms with E-state index in [9.17, 15) is 0 Å². The van der Waals surface area contributed by atoms with E-state index >= 15 is 0 Å². The zero-order valence-corrected chi connectivity index (χ0v) is 13.5. The molecule has 0 atom stereocenters. The van der Waals surface area contributed by atoms with Crippen LogP contribution in [0.1, 0.15) is 16.8 Å². The molecule has 0 saturated heterocycles. The first-order valence-electron chi connectivity index (χ1n) is 6.17. The fourth-order valence-electron chi connectivity index (χ4n) is 2.38. The quantitative estimate of drug-likeness (QED) is 0.588. The molecule has 2 aromatic heterocycles. The summed E-state index contributed by atoms with van der Waals surface area (Å²) in [6, 6.07) is 12.7. The van der Waals surface area contributed by atoms with Crippen molar-refractivity contribution in [1.82, 2.24) is 9.38 Å². The molecule has 2 nitrogen and oxygen atoms in total. The molecule has 98 valence electrons. The van der Waals surface area contributed by atoms with Gasteiger partial charge < -0.3 is 28.4 Å². The van der Waals surface area contributed by atoms with Gasteiger partial charge in [0, 0.05) is 17.5 Å². The lowest BCUT2D eigenvalue weighted by Crippen LogP contribution is -3.00. The predicted octanol–water partition coefficient (Wildman–Crippen LogP) is 0.931. The Balaban J connectivity index is 0.00000133. The maximum absolute atomic E-state index is 4.70. The molecule has 0 aliphatic rings. The highest BCUT2D eigenvalue weighted by molar-refractivity contribution is 5.66. The summed E-state index contributed by atoms with van der Waals surface area (Å²) in [5, 5.41) is 0. The first kappa shape index (κ1) is 14.1. The van der Waals surface area contributed by atoms with Gasteiger partial charge in [-0.1, -0.05) is 29.8 Å². The largest absolute Gasteiger partial charge is 1.00 e. The van der Waals surface area contributed by atoms with Crippen molar-refractivity contribution in [3.63, 3.8) is 0 Å². The number of rotatable bonds is 1. The number of hydrogen-bond acceptors (Lipinski definition) is 1. The molecule has 1 aromatic carbocycles. The zero-order chi connectivity index (χ0) is 12.7. The maximum atomic E-state index is 4.70. The molecule has 19 heavy (non-hydrogen) atoms. The fourth-order valence-corrected chi connectivity index (χ4v) is 2.38. The number of aromatic nitrogens is 2. The van der Waals surface area contributed by atoms with Crippen molar-refractivity contribution in [3.05, 3.63) is 59.4 Å². The molecule has 2 heterocycles. The van der Waals surface area contributed by atoms with Crippen LogP contribution in [0.5, 0.6) is 0 Å². The van der Waals surface area contributed by atoms with Crippen molar-refractivity contribution in [2.45, 2.75) is 20.8 Å². The normalized spacial score (nSPS) is 10.5. The number of pyridine rings is 1. The van der Waals surface area contributed by atoms with Crippen LogP contribution in [0.3, 0.4) is 0 Å². The van der Waals surface area contributed by atoms with Crippen LogP contribution < -0.4 is 24.0 Å². The second-order valence-electron chi connectivity index (χ2n) is 4.84.